The maximum Gasteiger partial charge on any atom is 0.219 e. The standard InChI is InChI=1S/C15H16BrN3O/c1-11(20)18-6-8-19(9-7-18)15-14-10-13(16)3-2-12(14)4-5-17-15/h2-5,10H,6-9H2,1H3. The zero-order valence-electron chi connectivity index (χ0n) is 11.3. The number of piperazine rings is 1. The lowest BCUT2D eigenvalue weighted by Crippen LogP contribution is -2.48. The van der Waals surface area contributed by atoms with Crippen LogP contribution in [0.1, 0.15) is 6.92 Å². The minimum absolute atomic E-state index is 0.151. The minimum atomic E-state index is 0.151. The summed E-state index contributed by atoms with van der Waals surface area (Å²) >= 11 is 3.52. The monoisotopic (exact) mass is 333 g/mol. The number of carbonyl (C=O) groups is 1. The van der Waals surface area contributed by atoms with Gasteiger partial charge in [0.1, 0.15) is 5.82 Å². The summed E-state index contributed by atoms with van der Waals surface area (Å²) in [4.78, 5) is 20.1. The number of amides is 1. The Bertz CT molecular complexity index is 651. The van der Waals surface area contributed by atoms with Crippen molar-refractivity contribution in [3.63, 3.8) is 0 Å². The molecule has 2 heterocycles. The minimum Gasteiger partial charge on any atom is -0.353 e. The molecule has 1 aliphatic heterocycles. The Morgan fingerprint density at radius 3 is 2.65 bits per heavy atom. The topological polar surface area (TPSA) is 36.4 Å². The molecule has 1 aliphatic rings. The number of aromatic nitrogens is 1. The molecule has 0 unspecified atom stereocenters. The van der Waals surface area contributed by atoms with Crippen molar-refractivity contribution in [2.24, 2.45) is 0 Å². The highest BCUT2D eigenvalue weighted by Gasteiger charge is 2.20. The molecule has 0 radical (unpaired) electrons. The van der Waals surface area contributed by atoms with Crippen LogP contribution in [0.2, 0.25) is 0 Å². The predicted octanol–water partition coefficient (Wildman–Crippen LogP) is 2.67. The first-order valence-corrected chi connectivity index (χ1v) is 7.49. The highest BCUT2D eigenvalue weighted by Crippen LogP contribution is 2.28. The van der Waals surface area contributed by atoms with Crippen LogP contribution >= 0.6 is 15.9 Å². The van der Waals surface area contributed by atoms with E-state index < -0.39 is 0 Å². The zero-order chi connectivity index (χ0) is 14.1. The Morgan fingerprint density at radius 1 is 1.20 bits per heavy atom. The van der Waals surface area contributed by atoms with Crippen LogP contribution < -0.4 is 4.90 Å². The van der Waals surface area contributed by atoms with Gasteiger partial charge in [0.05, 0.1) is 0 Å². The lowest BCUT2D eigenvalue weighted by atomic mass is 10.1. The lowest BCUT2D eigenvalue weighted by Gasteiger charge is -2.35. The molecule has 1 saturated heterocycles. The molecule has 0 saturated carbocycles. The number of rotatable bonds is 1. The fourth-order valence-electron chi connectivity index (χ4n) is 2.61. The van der Waals surface area contributed by atoms with Crippen molar-refractivity contribution < 1.29 is 4.79 Å². The molecular weight excluding hydrogens is 318 g/mol. The molecule has 1 aromatic heterocycles. The molecule has 0 bridgehead atoms. The molecule has 5 heteroatoms. The van der Waals surface area contributed by atoms with Gasteiger partial charge in [-0.25, -0.2) is 4.98 Å². The molecule has 0 spiro atoms. The number of halogens is 1. The molecule has 20 heavy (non-hydrogen) atoms. The van der Waals surface area contributed by atoms with Crippen LogP contribution in [-0.2, 0) is 4.79 Å². The van der Waals surface area contributed by atoms with Gasteiger partial charge in [-0.15, -0.1) is 0 Å². The number of carbonyl (C=O) groups excluding carboxylic acids is 1. The van der Waals surface area contributed by atoms with E-state index >= 15 is 0 Å². The van der Waals surface area contributed by atoms with Crippen molar-refractivity contribution in [3.05, 3.63) is 34.9 Å². The molecule has 1 amide bonds. The second-order valence-corrected chi connectivity index (χ2v) is 5.91. The molecule has 2 aromatic rings. The fraction of sp³-hybridized carbons (Fsp3) is 0.333. The molecule has 3 rings (SSSR count). The summed E-state index contributed by atoms with van der Waals surface area (Å²) in [6, 6.07) is 8.27. The van der Waals surface area contributed by atoms with Crippen LogP contribution in [0.5, 0.6) is 0 Å². The second kappa shape index (κ2) is 5.40. The first-order chi connectivity index (χ1) is 9.65. The van der Waals surface area contributed by atoms with Crippen LogP contribution in [0.15, 0.2) is 34.9 Å². The Morgan fingerprint density at radius 2 is 1.95 bits per heavy atom. The predicted molar refractivity (Wildman–Crippen MR) is 83.9 cm³/mol. The summed E-state index contributed by atoms with van der Waals surface area (Å²) < 4.78 is 1.06. The zero-order valence-corrected chi connectivity index (χ0v) is 12.9. The Hall–Kier alpha value is -1.62. The maximum atomic E-state index is 11.4. The third-order valence-electron chi connectivity index (χ3n) is 3.73. The van der Waals surface area contributed by atoms with Gasteiger partial charge in [0.2, 0.25) is 5.91 Å². The van der Waals surface area contributed by atoms with Gasteiger partial charge in [0.15, 0.2) is 0 Å². The molecule has 104 valence electrons. The highest BCUT2D eigenvalue weighted by molar-refractivity contribution is 9.10. The summed E-state index contributed by atoms with van der Waals surface area (Å²) in [5.41, 5.74) is 0. The van der Waals surface area contributed by atoms with Crippen molar-refractivity contribution in [1.29, 1.82) is 0 Å². The molecule has 1 fully saturated rings. The van der Waals surface area contributed by atoms with E-state index in [1.54, 1.807) is 6.92 Å². The van der Waals surface area contributed by atoms with Crippen LogP contribution in [0.25, 0.3) is 10.8 Å². The first-order valence-electron chi connectivity index (χ1n) is 6.70. The largest absolute Gasteiger partial charge is 0.353 e. The number of hydrogen-bond donors (Lipinski definition) is 0. The third kappa shape index (κ3) is 2.50. The number of anilines is 1. The van der Waals surface area contributed by atoms with Crippen molar-refractivity contribution in [1.82, 2.24) is 9.88 Å². The van der Waals surface area contributed by atoms with Crippen molar-refractivity contribution in [3.8, 4) is 0 Å². The van der Waals surface area contributed by atoms with Gasteiger partial charge in [-0.05, 0) is 23.6 Å². The third-order valence-corrected chi connectivity index (χ3v) is 4.22. The Balaban J connectivity index is 1.91. The lowest BCUT2D eigenvalue weighted by molar-refractivity contribution is -0.129. The van der Waals surface area contributed by atoms with Crippen LogP contribution in [-0.4, -0.2) is 42.0 Å². The van der Waals surface area contributed by atoms with E-state index in [4.69, 9.17) is 0 Å². The smallest absolute Gasteiger partial charge is 0.219 e. The van der Waals surface area contributed by atoms with Gasteiger partial charge >= 0.3 is 0 Å². The Kier molecular flexibility index (Phi) is 3.61. The number of fused-ring (bicyclic) bond motifs is 1. The average Bonchev–Trinajstić information content (AvgIpc) is 2.46. The SMILES string of the molecule is CC(=O)N1CCN(c2nccc3ccc(Br)cc23)CC1. The van der Waals surface area contributed by atoms with Gasteiger partial charge in [-0.3, -0.25) is 4.79 Å². The normalized spacial score (nSPS) is 15.7. The summed E-state index contributed by atoms with van der Waals surface area (Å²) in [5.74, 6) is 1.16. The van der Waals surface area contributed by atoms with Crippen LogP contribution in [0.3, 0.4) is 0 Å². The van der Waals surface area contributed by atoms with E-state index in [0.717, 1.165) is 41.9 Å². The van der Waals surface area contributed by atoms with E-state index in [1.165, 1.54) is 5.39 Å². The number of pyridine rings is 1. The summed E-state index contributed by atoms with van der Waals surface area (Å²) in [5, 5.41) is 2.34. The van der Waals surface area contributed by atoms with Gasteiger partial charge < -0.3 is 9.80 Å². The molecular formula is C15H16BrN3O. The van der Waals surface area contributed by atoms with E-state index in [0.29, 0.717) is 0 Å². The van der Waals surface area contributed by atoms with E-state index in [2.05, 4.69) is 37.9 Å². The van der Waals surface area contributed by atoms with E-state index in [-0.39, 0.29) is 5.91 Å². The fourth-order valence-corrected chi connectivity index (χ4v) is 2.97. The van der Waals surface area contributed by atoms with Gasteiger partial charge in [0, 0.05) is 49.2 Å². The number of nitrogens with zero attached hydrogens (tertiary/aromatic N) is 3. The van der Waals surface area contributed by atoms with Crippen LogP contribution in [0.4, 0.5) is 5.82 Å². The quantitative estimate of drug-likeness (QED) is 0.805. The molecule has 0 atom stereocenters. The van der Waals surface area contributed by atoms with Crippen molar-refractivity contribution in [2.75, 3.05) is 31.1 Å². The average molecular weight is 334 g/mol. The molecule has 1 aromatic carbocycles. The number of benzene rings is 1. The van der Waals surface area contributed by atoms with Gasteiger partial charge in [-0.2, -0.15) is 0 Å². The maximum absolute atomic E-state index is 11.4. The molecule has 0 N–H and O–H groups in total. The van der Waals surface area contributed by atoms with E-state index in [1.807, 2.05) is 23.2 Å². The van der Waals surface area contributed by atoms with E-state index in [9.17, 15) is 4.79 Å². The van der Waals surface area contributed by atoms with Crippen molar-refractivity contribution in [2.45, 2.75) is 6.92 Å². The summed E-state index contributed by atoms with van der Waals surface area (Å²) in [6.45, 7) is 4.82. The van der Waals surface area contributed by atoms with Crippen LogP contribution in [0, 0.1) is 0 Å². The molecule has 4 nitrogen and oxygen atoms in total. The Labute approximate surface area is 126 Å². The second-order valence-electron chi connectivity index (χ2n) is 4.99. The molecule has 0 aliphatic carbocycles. The van der Waals surface area contributed by atoms with Gasteiger partial charge in [-0.1, -0.05) is 22.0 Å². The van der Waals surface area contributed by atoms with Gasteiger partial charge in [0.25, 0.3) is 0 Å². The number of hydrogen-bond acceptors (Lipinski definition) is 3. The summed E-state index contributed by atoms with van der Waals surface area (Å²) in [7, 11) is 0. The van der Waals surface area contributed by atoms with Crippen molar-refractivity contribution >= 4 is 38.4 Å². The highest BCUT2D eigenvalue weighted by atomic mass is 79.9. The first kappa shape index (κ1) is 13.4. The summed E-state index contributed by atoms with van der Waals surface area (Å²) in [6.07, 6.45) is 1.85.